The van der Waals surface area contributed by atoms with Crippen LogP contribution >= 0.6 is 11.3 Å². The summed E-state index contributed by atoms with van der Waals surface area (Å²) in [6, 6.07) is 3.67. The molecule has 0 unspecified atom stereocenters. The van der Waals surface area contributed by atoms with Gasteiger partial charge in [0.05, 0.1) is 18.3 Å². The number of ether oxygens (including phenoxy) is 1. The highest BCUT2D eigenvalue weighted by Crippen LogP contribution is 2.14. The second-order valence-electron chi connectivity index (χ2n) is 5.39. The molecule has 0 saturated carbocycles. The summed E-state index contributed by atoms with van der Waals surface area (Å²) in [6.45, 7) is 2.05. The van der Waals surface area contributed by atoms with Gasteiger partial charge in [-0.05, 0) is 39.2 Å². The molecule has 2 rings (SSSR count). The number of carbonyl (C=O) groups excluding carboxylic acids is 1. The first-order valence-corrected chi connectivity index (χ1v) is 8.39. The van der Waals surface area contributed by atoms with Crippen LogP contribution in [0.2, 0.25) is 0 Å². The number of nitrogens with zero attached hydrogens (tertiary/aromatic N) is 3. The molecule has 0 saturated heterocycles. The number of thiazole rings is 1. The quantitative estimate of drug-likeness (QED) is 0.707. The van der Waals surface area contributed by atoms with Gasteiger partial charge in [0.15, 0.2) is 0 Å². The minimum atomic E-state index is 0.00813. The predicted molar refractivity (Wildman–Crippen MR) is 90.6 cm³/mol. The van der Waals surface area contributed by atoms with Gasteiger partial charge in [-0.2, -0.15) is 0 Å². The van der Waals surface area contributed by atoms with E-state index in [1.807, 2.05) is 31.6 Å². The molecule has 0 bridgehead atoms. The molecule has 1 amide bonds. The lowest BCUT2D eigenvalue weighted by atomic mass is 10.3. The van der Waals surface area contributed by atoms with Crippen molar-refractivity contribution in [2.24, 2.45) is 0 Å². The van der Waals surface area contributed by atoms with Crippen molar-refractivity contribution in [1.82, 2.24) is 20.2 Å². The summed E-state index contributed by atoms with van der Waals surface area (Å²) < 4.78 is 5.59. The number of aromatic nitrogens is 2. The highest BCUT2D eigenvalue weighted by Gasteiger charge is 2.08. The summed E-state index contributed by atoms with van der Waals surface area (Å²) in [5.41, 5.74) is 0.782. The van der Waals surface area contributed by atoms with E-state index in [0.29, 0.717) is 25.3 Å². The smallest absolute Gasteiger partial charge is 0.226 e. The number of pyridine rings is 1. The van der Waals surface area contributed by atoms with E-state index in [4.69, 9.17) is 4.74 Å². The van der Waals surface area contributed by atoms with E-state index >= 15 is 0 Å². The zero-order chi connectivity index (χ0) is 16.5. The average Bonchev–Trinajstić information content (AvgIpc) is 2.98. The molecule has 0 aliphatic rings. The summed E-state index contributed by atoms with van der Waals surface area (Å²) >= 11 is 1.50. The third-order valence-electron chi connectivity index (χ3n) is 3.04. The number of amides is 1. The molecular weight excluding hydrogens is 312 g/mol. The molecular formula is C16H22N4O2S. The Balaban J connectivity index is 1.70. The van der Waals surface area contributed by atoms with E-state index in [1.54, 1.807) is 12.4 Å². The van der Waals surface area contributed by atoms with Gasteiger partial charge in [-0.1, -0.05) is 0 Å². The second kappa shape index (κ2) is 9.22. The largest absolute Gasteiger partial charge is 0.485 e. The maximum absolute atomic E-state index is 11.8. The lowest BCUT2D eigenvalue weighted by Crippen LogP contribution is -2.28. The van der Waals surface area contributed by atoms with Gasteiger partial charge in [0.25, 0.3) is 0 Å². The topological polar surface area (TPSA) is 67.4 Å². The van der Waals surface area contributed by atoms with Crippen molar-refractivity contribution in [2.75, 3.05) is 27.2 Å². The number of carbonyl (C=O) groups is 1. The molecule has 0 fully saturated rings. The summed E-state index contributed by atoms with van der Waals surface area (Å²) in [6.07, 6.45) is 4.62. The summed E-state index contributed by atoms with van der Waals surface area (Å²) in [5, 5.41) is 5.67. The van der Waals surface area contributed by atoms with Crippen molar-refractivity contribution >= 4 is 17.2 Å². The van der Waals surface area contributed by atoms with Gasteiger partial charge in [-0.3, -0.25) is 9.78 Å². The maximum Gasteiger partial charge on any atom is 0.226 e. The van der Waals surface area contributed by atoms with E-state index < -0.39 is 0 Å². The van der Waals surface area contributed by atoms with Gasteiger partial charge in [0.1, 0.15) is 17.4 Å². The van der Waals surface area contributed by atoms with Crippen molar-refractivity contribution in [2.45, 2.75) is 19.4 Å². The van der Waals surface area contributed by atoms with Crippen molar-refractivity contribution in [3.05, 3.63) is 40.6 Å². The van der Waals surface area contributed by atoms with Gasteiger partial charge in [0, 0.05) is 18.1 Å². The first-order chi connectivity index (χ1) is 11.1. The second-order valence-corrected chi connectivity index (χ2v) is 6.34. The lowest BCUT2D eigenvalue weighted by Gasteiger charge is -2.09. The third-order valence-corrected chi connectivity index (χ3v) is 3.91. The number of nitrogens with one attached hydrogen (secondary N) is 1. The van der Waals surface area contributed by atoms with Crippen LogP contribution in [0.4, 0.5) is 0 Å². The van der Waals surface area contributed by atoms with E-state index in [9.17, 15) is 4.79 Å². The van der Waals surface area contributed by atoms with Crippen molar-refractivity contribution in [3.63, 3.8) is 0 Å². The molecule has 0 aliphatic heterocycles. The Morgan fingerprint density at radius 3 is 3.04 bits per heavy atom. The van der Waals surface area contributed by atoms with Gasteiger partial charge in [-0.25, -0.2) is 4.98 Å². The minimum Gasteiger partial charge on any atom is -0.485 e. The van der Waals surface area contributed by atoms with Crippen LogP contribution in [0, 0.1) is 0 Å². The van der Waals surface area contributed by atoms with Crippen LogP contribution in [0.25, 0.3) is 0 Å². The van der Waals surface area contributed by atoms with Crippen LogP contribution in [0.5, 0.6) is 5.75 Å². The van der Waals surface area contributed by atoms with Crippen molar-refractivity contribution in [3.8, 4) is 5.75 Å². The van der Waals surface area contributed by atoms with Crippen LogP contribution in [-0.2, 0) is 17.8 Å². The fourth-order valence-electron chi connectivity index (χ4n) is 1.92. The SMILES string of the molecule is CN(C)CCCNC(=O)Cc1csc(COc2cccnc2)n1. The Kier molecular flexibility index (Phi) is 6.96. The van der Waals surface area contributed by atoms with Crippen molar-refractivity contribution < 1.29 is 9.53 Å². The molecule has 0 aromatic carbocycles. The Bertz CT molecular complexity index is 601. The Labute approximate surface area is 140 Å². The lowest BCUT2D eigenvalue weighted by molar-refractivity contribution is -0.120. The van der Waals surface area contributed by atoms with E-state index in [0.717, 1.165) is 23.7 Å². The molecule has 0 radical (unpaired) electrons. The maximum atomic E-state index is 11.8. The molecule has 0 aliphatic carbocycles. The molecule has 6 nitrogen and oxygen atoms in total. The average molecular weight is 334 g/mol. The Morgan fingerprint density at radius 2 is 2.30 bits per heavy atom. The minimum absolute atomic E-state index is 0.00813. The number of hydrogen-bond acceptors (Lipinski definition) is 6. The van der Waals surface area contributed by atoms with Crippen LogP contribution in [0.3, 0.4) is 0 Å². The highest BCUT2D eigenvalue weighted by atomic mass is 32.1. The van der Waals surface area contributed by atoms with E-state index in [1.165, 1.54) is 11.3 Å². The summed E-state index contributed by atoms with van der Waals surface area (Å²) in [7, 11) is 4.04. The molecule has 0 atom stereocenters. The van der Waals surface area contributed by atoms with Gasteiger partial charge in [0.2, 0.25) is 5.91 Å². The fraction of sp³-hybridized carbons (Fsp3) is 0.438. The molecule has 2 aromatic rings. The van der Waals surface area contributed by atoms with Crippen LogP contribution in [0.15, 0.2) is 29.9 Å². The van der Waals surface area contributed by atoms with Crippen LogP contribution < -0.4 is 10.1 Å². The monoisotopic (exact) mass is 334 g/mol. The predicted octanol–water partition coefficient (Wildman–Crippen LogP) is 1.73. The first-order valence-electron chi connectivity index (χ1n) is 7.51. The zero-order valence-electron chi connectivity index (χ0n) is 13.5. The van der Waals surface area contributed by atoms with Gasteiger partial charge < -0.3 is 15.0 Å². The van der Waals surface area contributed by atoms with Crippen LogP contribution in [-0.4, -0.2) is 48.0 Å². The number of hydrogen-bond donors (Lipinski definition) is 1. The van der Waals surface area contributed by atoms with Gasteiger partial charge in [-0.15, -0.1) is 11.3 Å². The standard InChI is InChI=1S/C16H22N4O2S/c1-20(2)8-4-7-18-15(21)9-13-12-23-16(19-13)11-22-14-5-3-6-17-10-14/h3,5-6,10,12H,4,7-9,11H2,1-2H3,(H,18,21). The molecule has 2 heterocycles. The molecule has 7 heteroatoms. The Morgan fingerprint density at radius 1 is 1.43 bits per heavy atom. The summed E-state index contributed by atoms with van der Waals surface area (Å²) in [4.78, 5) is 22.4. The molecule has 124 valence electrons. The van der Waals surface area contributed by atoms with Crippen LogP contribution in [0.1, 0.15) is 17.1 Å². The van der Waals surface area contributed by atoms with Gasteiger partial charge >= 0.3 is 0 Å². The number of rotatable bonds is 9. The zero-order valence-corrected chi connectivity index (χ0v) is 14.3. The van der Waals surface area contributed by atoms with Crippen molar-refractivity contribution in [1.29, 1.82) is 0 Å². The fourth-order valence-corrected chi connectivity index (χ4v) is 2.63. The normalized spacial score (nSPS) is 10.7. The Hall–Kier alpha value is -1.99. The molecule has 23 heavy (non-hydrogen) atoms. The summed E-state index contributed by atoms with van der Waals surface area (Å²) in [5.74, 6) is 0.719. The first kappa shape index (κ1) is 17.4. The molecule has 0 spiro atoms. The third kappa shape index (κ3) is 6.75. The molecule has 2 aromatic heterocycles. The molecule has 1 N–H and O–H groups in total. The van der Waals surface area contributed by atoms with E-state index in [2.05, 4.69) is 20.2 Å². The van der Waals surface area contributed by atoms with E-state index in [-0.39, 0.29) is 5.91 Å². The highest BCUT2D eigenvalue weighted by molar-refractivity contribution is 7.09.